The lowest BCUT2D eigenvalue weighted by atomic mass is 10.0. The molecule has 2 aromatic heterocycles. The molecule has 0 aliphatic carbocycles. The molecule has 0 saturated carbocycles. The van der Waals surface area contributed by atoms with E-state index in [4.69, 9.17) is 21.3 Å². The highest BCUT2D eigenvalue weighted by Gasteiger charge is 2.30. The molecule has 3 aromatic carbocycles. The molecule has 0 saturated heterocycles. The number of halogens is 2. The van der Waals surface area contributed by atoms with Gasteiger partial charge in [-0.05, 0) is 88.1 Å². The van der Waals surface area contributed by atoms with E-state index in [0.29, 0.717) is 46.5 Å². The summed E-state index contributed by atoms with van der Waals surface area (Å²) in [6.45, 7) is 1.02. The van der Waals surface area contributed by atoms with Crippen molar-refractivity contribution in [1.82, 2.24) is 19.0 Å². The smallest absolute Gasteiger partial charge is 0.333 e. The van der Waals surface area contributed by atoms with Gasteiger partial charge in [0.15, 0.2) is 0 Å². The summed E-state index contributed by atoms with van der Waals surface area (Å²) in [5.41, 5.74) is 5.34. The summed E-state index contributed by atoms with van der Waals surface area (Å²) in [6, 6.07) is 26.8. The van der Waals surface area contributed by atoms with Crippen molar-refractivity contribution in [2.24, 2.45) is 0 Å². The van der Waals surface area contributed by atoms with Crippen molar-refractivity contribution < 1.29 is 9.53 Å². The predicted octanol–water partition coefficient (Wildman–Crippen LogP) is 6.37. The minimum atomic E-state index is -0.172. The fraction of sp³-hybridized carbons (Fsp3) is 0.156. The largest absolute Gasteiger partial charge is 0.497 e. The van der Waals surface area contributed by atoms with Gasteiger partial charge in [0.25, 0.3) is 5.91 Å². The molecule has 0 unspecified atom stereocenters. The third-order valence-corrected chi connectivity index (χ3v) is 8.51. The number of nitrogens with zero attached hydrogens (tertiary/aromatic N) is 4. The quantitative estimate of drug-likeness (QED) is 0.219. The zero-order valence-corrected chi connectivity index (χ0v) is 24.6. The summed E-state index contributed by atoms with van der Waals surface area (Å²) in [4.78, 5) is 33.9. The molecule has 0 atom stereocenters. The van der Waals surface area contributed by atoms with Gasteiger partial charge in [-0.3, -0.25) is 18.9 Å². The van der Waals surface area contributed by atoms with E-state index in [-0.39, 0.29) is 18.1 Å². The Kier molecular flexibility index (Phi) is 7.51. The maximum absolute atomic E-state index is 13.9. The number of hydrogen-bond donors (Lipinski definition) is 0. The lowest BCUT2D eigenvalue weighted by molar-refractivity contribution is 0.0710. The van der Waals surface area contributed by atoms with Gasteiger partial charge in [0.1, 0.15) is 5.75 Å². The van der Waals surface area contributed by atoms with Crippen LogP contribution < -0.4 is 10.4 Å². The van der Waals surface area contributed by atoms with Crippen LogP contribution in [0.4, 0.5) is 0 Å². The van der Waals surface area contributed by atoms with Crippen molar-refractivity contribution in [3.05, 3.63) is 133 Å². The van der Waals surface area contributed by atoms with Crippen molar-refractivity contribution in [1.29, 1.82) is 0 Å². The molecule has 0 radical (unpaired) electrons. The van der Waals surface area contributed by atoms with Crippen molar-refractivity contribution in [3.8, 4) is 22.8 Å². The molecule has 1 aliphatic heterocycles. The summed E-state index contributed by atoms with van der Waals surface area (Å²) >= 11 is 9.67. The standard InChI is InChI=1S/C32H26BrClN4O3/c1-41-25-10-8-24(9-11-25)38-30(28-18-22(13-14-35-28)17-21-5-3-2-4-6-21)29-20-36(15-16-37(29)32(38)40)31(39)23-7-12-26(33)27(34)19-23/h2-14,18-19H,15-17,20H2,1H3. The Bertz CT molecular complexity index is 1800. The Hall–Kier alpha value is -4.14. The van der Waals surface area contributed by atoms with Crippen LogP contribution in [0.5, 0.6) is 5.75 Å². The Morgan fingerprint density at radius 3 is 2.49 bits per heavy atom. The Balaban J connectivity index is 1.46. The van der Waals surface area contributed by atoms with Gasteiger partial charge in [-0.2, -0.15) is 0 Å². The highest BCUT2D eigenvalue weighted by Crippen LogP contribution is 2.31. The lowest BCUT2D eigenvalue weighted by Gasteiger charge is -2.28. The number of ether oxygens (including phenoxy) is 1. The minimum Gasteiger partial charge on any atom is -0.497 e. The van der Waals surface area contributed by atoms with Gasteiger partial charge in [-0.1, -0.05) is 41.9 Å². The number of benzene rings is 3. The zero-order chi connectivity index (χ0) is 28.5. The van der Waals surface area contributed by atoms with Crippen LogP contribution in [0.3, 0.4) is 0 Å². The molecule has 6 rings (SSSR count). The van der Waals surface area contributed by atoms with Crippen molar-refractivity contribution in [2.45, 2.75) is 19.5 Å². The first kappa shape index (κ1) is 27.1. The topological polar surface area (TPSA) is 69.4 Å². The van der Waals surface area contributed by atoms with E-state index in [1.165, 1.54) is 5.56 Å². The van der Waals surface area contributed by atoms with E-state index in [0.717, 1.165) is 22.2 Å². The first-order chi connectivity index (χ1) is 19.9. The number of methoxy groups -OCH3 is 1. The van der Waals surface area contributed by atoms with Gasteiger partial charge in [0.2, 0.25) is 0 Å². The molecule has 206 valence electrons. The van der Waals surface area contributed by atoms with E-state index in [2.05, 4.69) is 28.1 Å². The summed E-state index contributed by atoms with van der Waals surface area (Å²) in [5.74, 6) is 0.548. The summed E-state index contributed by atoms with van der Waals surface area (Å²) in [6.07, 6.45) is 2.50. The van der Waals surface area contributed by atoms with Crippen LogP contribution in [-0.2, 0) is 19.5 Å². The molecule has 5 aromatic rings. The second kappa shape index (κ2) is 11.4. The highest BCUT2D eigenvalue weighted by atomic mass is 79.9. The second-order valence-corrected chi connectivity index (χ2v) is 11.1. The first-order valence-corrected chi connectivity index (χ1v) is 14.3. The third-order valence-electron chi connectivity index (χ3n) is 7.28. The molecule has 41 heavy (non-hydrogen) atoms. The number of amides is 1. The molecular formula is C32H26BrClN4O3. The Morgan fingerprint density at radius 1 is 0.976 bits per heavy atom. The predicted molar refractivity (Wildman–Crippen MR) is 163 cm³/mol. The van der Waals surface area contributed by atoms with E-state index < -0.39 is 0 Å². The maximum atomic E-state index is 13.9. The van der Waals surface area contributed by atoms with Crippen LogP contribution in [0.2, 0.25) is 5.02 Å². The minimum absolute atomic E-state index is 0.146. The third kappa shape index (κ3) is 5.33. The molecule has 7 nitrogen and oxygen atoms in total. The maximum Gasteiger partial charge on any atom is 0.333 e. The second-order valence-electron chi connectivity index (χ2n) is 9.83. The Labute approximate surface area is 250 Å². The number of fused-ring (bicyclic) bond motifs is 1. The van der Waals surface area contributed by atoms with Gasteiger partial charge >= 0.3 is 5.69 Å². The summed E-state index contributed by atoms with van der Waals surface area (Å²) < 4.78 is 9.51. The molecule has 0 N–H and O–H groups in total. The van der Waals surface area contributed by atoms with E-state index >= 15 is 0 Å². The number of pyridine rings is 1. The molecule has 3 heterocycles. The zero-order valence-electron chi connectivity index (χ0n) is 22.3. The van der Waals surface area contributed by atoms with Gasteiger partial charge < -0.3 is 9.64 Å². The Morgan fingerprint density at radius 2 is 1.76 bits per heavy atom. The number of imidazole rings is 1. The molecule has 9 heteroatoms. The van der Waals surface area contributed by atoms with E-state index in [9.17, 15) is 9.59 Å². The summed E-state index contributed by atoms with van der Waals surface area (Å²) in [7, 11) is 1.61. The van der Waals surface area contributed by atoms with Crippen molar-refractivity contribution >= 4 is 33.4 Å². The molecule has 1 amide bonds. The van der Waals surface area contributed by atoms with Gasteiger partial charge in [0, 0.05) is 29.3 Å². The fourth-order valence-electron chi connectivity index (χ4n) is 5.22. The SMILES string of the molecule is COc1ccc(-n2c(-c3cc(Cc4ccccc4)ccn3)c3n(c2=O)CCN(C(=O)c2ccc(Br)c(Cl)c2)C3)cc1. The number of aromatic nitrogens is 3. The average molecular weight is 630 g/mol. The van der Waals surface area contributed by atoms with Gasteiger partial charge in [-0.15, -0.1) is 0 Å². The van der Waals surface area contributed by atoms with Crippen LogP contribution in [0.15, 0.2) is 100 Å². The number of carbonyl (C=O) groups excluding carboxylic acids is 1. The molecular weight excluding hydrogens is 604 g/mol. The first-order valence-electron chi connectivity index (χ1n) is 13.2. The molecule has 1 aliphatic rings. The monoisotopic (exact) mass is 628 g/mol. The van der Waals surface area contributed by atoms with Gasteiger partial charge in [-0.25, -0.2) is 4.79 Å². The number of rotatable bonds is 6. The summed E-state index contributed by atoms with van der Waals surface area (Å²) in [5, 5.41) is 0.468. The molecule has 0 spiro atoms. The molecule has 0 fully saturated rings. The van der Waals surface area contributed by atoms with Crippen molar-refractivity contribution in [3.63, 3.8) is 0 Å². The lowest BCUT2D eigenvalue weighted by Crippen LogP contribution is -2.40. The normalized spacial score (nSPS) is 12.7. The fourth-order valence-corrected chi connectivity index (χ4v) is 5.65. The van der Waals surface area contributed by atoms with Gasteiger partial charge in [0.05, 0.1) is 41.4 Å². The van der Waals surface area contributed by atoms with E-state index in [1.807, 2.05) is 54.6 Å². The van der Waals surface area contributed by atoms with E-state index in [1.54, 1.807) is 45.5 Å². The van der Waals surface area contributed by atoms with Crippen LogP contribution in [0, 0.1) is 0 Å². The van der Waals surface area contributed by atoms with Crippen molar-refractivity contribution in [2.75, 3.05) is 13.7 Å². The highest BCUT2D eigenvalue weighted by molar-refractivity contribution is 9.10. The number of carbonyl (C=O) groups is 1. The number of hydrogen-bond acceptors (Lipinski definition) is 4. The van der Waals surface area contributed by atoms with Crippen LogP contribution >= 0.6 is 27.5 Å². The van der Waals surface area contributed by atoms with Crippen LogP contribution in [0.1, 0.15) is 27.2 Å². The van der Waals surface area contributed by atoms with Crippen LogP contribution in [0.25, 0.3) is 17.1 Å². The average Bonchev–Trinajstić information content (AvgIpc) is 3.30. The van der Waals surface area contributed by atoms with Crippen LogP contribution in [-0.4, -0.2) is 38.6 Å². The molecule has 0 bridgehead atoms.